The molecule has 2 N–H and O–H groups in total. The number of carbonyl (C=O) groups is 2. The van der Waals surface area contributed by atoms with Gasteiger partial charge in [-0.25, -0.2) is 9.78 Å². The largest absolute Gasteiger partial charge is 0.481 e. The van der Waals surface area contributed by atoms with Crippen molar-refractivity contribution in [1.29, 1.82) is 0 Å². The molecule has 4 aromatic rings. The predicted molar refractivity (Wildman–Crippen MR) is 145 cm³/mol. The molecule has 2 amide bonds. The normalized spacial score (nSPS) is 10.8. The third-order valence-electron chi connectivity index (χ3n) is 5.82. The Morgan fingerprint density at radius 1 is 0.889 bits per heavy atom. The standard InChI is InChI=1S/C28H26ClN3O3S/c29-26-25(22-14-8-3-9-15-22)30-27(36-26)31-28(35)32(19-17-24(33)34)18-16-23(20-10-4-1-5-11-20)21-12-6-2-7-13-21/h1-15,23H,16-19H2,(H,33,34)(H,30,31,35). The van der Waals surface area contributed by atoms with E-state index in [2.05, 4.69) is 34.6 Å². The van der Waals surface area contributed by atoms with Crippen LogP contribution in [0.4, 0.5) is 9.93 Å². The molecule has 0 aliphatic rings. The van der Waals surface area contributed by atoms with Crippen LogP contribution in [0.15, 0.2) is 91.0 Å². The van der Waals surface area contributed by atoms with Crippen molar-refractivity contribution in [3.63, 3.8) is 0 Å². The van der Waals surface area contributed by atoms with Crippen molar-refractivity contribution in [1.82, 2.24) is 9.88 Å². The summed E-state index contributed by atoms with van der Waals surface area (Å²) in [6, 6.07) is 29.3. The Morgan fingerprint density at radius 3 is 2.00 bits per heavy atom. The average Bonchev–Trinajstić information content (AvgIpc) is 3.27. The van der Waals surface area contributed by atoms with E-state index in [1.807, 2.05) is 66.7 Å². The van der Waals surface area contributed by atoms with Crippen molar-refractivity contribution in [3.05, 3.63) is 106 Å². The van der Waals surface area contributed by atoms with Gasteiger partial charge in [-0.1, -0.05) is 114 Å². The molecule has 36 heavy (non-hydrogen) atoms. The summed E-state index contributed by atoms with van der Waals surface area (Å²) < 4.78 is 0.474. The monoisotopic (exact) mass is 519 g/mol. The number of carboxylic acid groups (broad SMARTS) is 1. The van der Waals surface area contributed by atoms with Gasteiger partial charge in [0.1, 0.15) is 10.0 Å². The lowest BCUT2D eigenvalue weighted by Crippen LogP contribution is -2.37. The first-order chi connectivity index (χ1) is 17.5. The maximum absolute atomic E-state index is 13.2. The summed E-state index contributed by atoms with van der Waals surface area (Å²) in [6.45, 7) is 0.459. The molecular weight excluding hydrogens is 494 g/mol. The highest BCUT2D eigenvalue weighted by Gasteiger charge is 2.21. The molecule has 0 saturated carbocycles. The maximum Gasteiger partial charge on any atom is 0.323 e. The number of nitrogens with zero attached hydrogens (tertiary/aromatic N) is 2. The van der Waals surface area contributed by atoms with E-state index in [4.69, 9.17) is 11.6 Å². The number of halogens is 1. The first kappa shape index (κ1) is 25.4. The van der Waals surface area contributed by atoms with E-state index in [-0.39, 0.29) is 18.9 Å². The molecule has 0 fully saturated rings. The zero-order chi connectivity index (χ0) is 25.3. The van der Waals surface area contributed by atoms with Crippen molar-refractivity contribution in [2.45, 2.75) is 18.8 Å². The van der Waals surface area contributed by atoms with Crippen molar-refractivity contribution in [2.24, 2.45) is 0 Å². The molecule has 4 rings (SSSR count). The fourth-order valence-electron chi connectivity index (χ4n) is 4.03. The number of aliphatic carboxylic acids is 1. The first-order valence-corrected chi connectivity index (χ1v) is 12.8. The number of anilines is 1. The minimum absolute atomic E-state index is 0.0616. The number of carbonyl (C=O) groups excluding carboxylic acids is 1. The molecule has 8 heteroatoms. The highest BCUT2D eigenvalue weighted by Crippen LogP contribution is 2.35. The number of hydrogen-bond donors (Lipinski definition) is 2. The molecule has 0 atom stereocenters. The molecule has 0 radical (unpaired) electrons. The highest BCUT2D eigenvalue weighted by molar-refractivity contribution is 7.20. The summed E-state index contributed by atoms with van der Waals surface area (Å²) in [5.41, 5.74) is 3.74. The van der Waals surface area contributed by atoms with E-state index in [1.54, 1.807) is 0 Å². The van der Waals surface area contributed by atoms with Gasteiger partial charge in [0, 0.05) is 24.6 Å². The SMILES string of the molecule is O=C(O)CCN(CCC(c1ccccc1)c1ccccc1)C(=O)Nc1nc(-c2ccccc2)c(Cl)s1. The van der Waals surface area contributed by atoms with E-state index in [0.29, 0.717) is 28.1 Å². The van der Waals surface area contributed by atoms with E-state index < -0.39 is 12.0 Å². The Bertz CT molecular complexity index is 1240. The lowest BCUT2D eigenvalue weighted by Gasteiger charge is -2.25. The number of carboxylic acids is 1. The number of aromatic nitrogens is 1. The van der Waals surface area contributed by atoms with Crippen LogP contribution in [0.25, 0.3) is 11.3 Å². The quantitative estimate of drug-likeness (QED) is 0.236. The van der Waals surface area contributed by atoms with Crippen molar-refractivity contribution in [2.75, 3.05) is 18.4 Å². The van der Waals surface area contributed by atoms with Gasteiger partial charge in [-0.2, -0.15) is 0 Å². The third-order valence-corrected chi connectivity index (χ3v) is 6.99. The highest BCUT2D eigenvalue weighted by atomic mass is 35.5. The summed E-state index contributed by atoms with van der Waals surface area (Å²) in [7, 11) is 0. The number of hydrogen-bond acceptors (Lipinski definition) is 4. The zero-order valence-corrected chi connectivity index (χ0v) is 21.1. The van der Waals surface area contributed by atoms with E-state index in [9.17, 15) is 14.7 Å². The Morgan fingerprint density at radius 2 is 1.44 bits per heavy atom. The minimum Gasteiger partial charge on any atom is -0.481 e. The van der Waals surface area contributed by atoms with Crippen LogP contribution in [-0.4, -0.2) is 40.1 Å². The second-order valence-electron chi connectivity index (χ2n) is 8.23. The van der Waals surface area contributed by atoms with Crippen molar-refractivity contribution >= 4 is 40.1 Å². The molecular formula is C28H26ClN3O3S. The van der Waals surface area contributed by atoms with Crippen molar-refractivity contribution in [3.8, 4) is 11.3 Å². The van der Waals surface area contributed by atoms with E-state index in [1.165, 1.54) is 16.2 Å². The summed E-state index contributed by atoms with van der Waals surface area (Å²) in [5.74, 6) is -0.898. The number of urea groups is 1. The second kappa shape index (κ2) is 12.3. The average molecular weight is 520 g/mol. The number of benzene rings is 3. The van der Waals surface area contributed by atoms with E-state index in [0.717, 1.165) is 16.7 Å². The fraction of sp³-hybridized carbons (Fsp3) is 0.179. The first-order valence-electron chi connectivity index (χ1n) is 11.6. The lowest BCUT2D eigenvalue weighted by molar-refractivity contribution is -0.137. The lowest BCUT2D eigenvalue weighted by atomic mass is 9.88. The zero-order valence-electron chi connectivity index (χ0n) is 19.5. The Kier molecular flexibility index (Phi) is 8.71. The summed E-state index contributed by atoms with van der Waals surface area (Å²) in [4.78, 5) is 30.5. The number of amides is 2. The molecule has 0 spiro atoms. The molecule has 0 saturated heterocycles. The summed E-state index contributed by atoms with van der Waals surface area (Å²) in [5, 5.41) is 12.4. The Balaban J connectivity index is 1.51. The molecule has 3 aromatic carbocycles. The van der Waals surface area contributed by atoms with Crippen LogP contribution in [0.2, 0.25) is 4.34 Å². The molecule has 0 unspecified atom stereocenters. The summed E-state index contributed by atoms with van der Waals surface area (Å²) >= 11 is 7.57. The molecule has 0 aliphatic heterocycles. The van der Waals surface area contributed by atoms with Gasteiger partial charge in [0.2, 0.25) is 0 Å². The van der Waals surface area contributed by atoms with Crippen LogP contribution >= 0.6 is 22.9 Å². The van der Waals surface area contributed by atoms with Crippen LogP contribution < -0.4 is 5.32 Å². The Labute approximate surface area is 219 Å². The fourth-order valence-corrected chi connectivity index (χ4v) is 5.10. The minimum atomic E-state index is -0.959. The topological polar surface area (TPSA) is 82.5 Å². The van der Waals surface area contributed by atoms with Gasteiger partial charge in [-0.05, 0) is 17.5 Å². The van der Waals surface area contributed by atoms with Gasteiger partial charge >= 0.3 is 12.0 Å². The Hall–Kier alpha value is -3.68. The molecule has 0 bridgehead atoms. The van der Waals surface area contributed by atoms with Gasteiger partial charge in [0.25, 0.3) is 0 Å². The molecule has 1 heterocycles. The van der Waals surface area contributed by atoms with Crippen LogP contribution in [0.1, 0.15) is 29.9 Å². The molecule has 0 aliphatic carbocycles. The van der Waals surface area contributed by atoms with Gasteiger partial charge in [0.05, 0.1) is 6.42 Å². The van der Waals surface area contributed by atoms with Gasteiger partial charge in [-0.15, -0.1) is 0 Å². The number of rotatable bonds is 10. The molecule has 6 nitrogen and oxygen atoms in total. The van der Waals surface area contributed by atoms with Crippen LogP contribution in [0.5, 0.6) is 0 Å². The van der Waals surface area contributed by atoms with Gasteiger partial charge in [0.15, 0.2) is 5.13 Å². The van der Waals surface area contributed by atoms with Gasteiger partial charge < -0.3 is 10.0 Å². The third kappa shape index (κ3) is 6.71. The maximum atomic E-state index is 13.2. The predicted octanol–water partition coefficient (Wildman–Crippen LogP) is 6.99. The number of thiazole rings is 1. The number of nitrogens with one attached hydrogen (secondary N) is 1. The van der Waals surface area contributed by atoms with Gasteiger partial charge in [-0.3, -0.25) is 10.1 Å². The molecule has 184 valence electrons. The van der Waals surface area contributed by atoms with Crippen LogP contribution in [0.3, 0.4) is 0 Å². The smallest absolute Gasteiger partial charge is 0.323 e. The molecule has 1 aromatic heterocycles. The summed E-state index contributed by atoms with van der Waals surface area (Å²) in [6.07, 6.45) is 0.484. The van der Waals surface area contributed by atoms with E-state index >= 15 is 0 Å². The van der Waals surface area contributed by atoms with Crippen LogP contribution in [0, 0.1) is 0 Å². The second-order valence-corrected chi connectivity index (χ2v) is 9.83. The van der Waals surface area contributed by atoms with Crippen LogP contribution in [-0.2, 0) is 4.79 Å². The van der Waals surface area contributed by atoms with Crippen molar-refractivity contribution < 1.29 is 14.7 Å².